The van der Waals surface area contributed by atoms with E-state index in [-0.39, 0.29) is 5.91 Å². The summed E-state index contributed by atoms with van der Waals surface area (Å²) in [6.45, 7) is 6.77. The maximum Gasteiger partial charge on any atom is 0.220 e. The normalized spacial score (nSPS) is 13.5. The Morgan fingerprint density at radius 3 is 2.55 bits per heavy atom. The molecule has 1 N–H and O–H groups in total. The average Bonchev–Trinajstić information content (AvgIpc) is 3.42. The van der Waals surface area contributed by atoms with E-state index in [1.54, 1.807) is 6.33 Å². The van der Waals surface area contributed by atoms with E-state index in [4.69, 9.17) is 5.10 Å². The third kappa shape index (κ3) is 5.10. The van der Waals surface area contributed by atoms with Crippen molar-refractivity contribution >= 4 is 11.7 Å². The summed E-state index contributed by atoms with van der Waals surface area (Å²) in [5, 5.41) is 7.73. The molecule has 0 aliphatic carbocycles. The highest BCUT2D eigenvalue weighted by Crippen LogP contribution is 2.22. The van der Waals surface area contributed by atoms with Crippen LogP contribution in [0.2, 0.25) is 0 Å². The number of aromatic nitrogens is 4. The number of carbonyl (C=O) groups excluding carboxylic acids is 1. The van der Waals surface area contributed by atoms with Gasteiger partial charge in [-0.15, -0.1) is 0 Å². The predicted molar refractivity (Wildman–Crippen MR) is 122 cm³/mol. The maximum atomic E-state index is 12.3. The molecule has 7 nitrogen and oxygen atoms in total. The van der Waals surface area contributed by atoms with Gasteiger partial charge in [0.05, 0.1) is 5.69 Å². The van der Waals surface area contributed by atoms with Crippen LogP contribution >= 0.6 is 0 Å². The number of carbonyl (C=O) groups is 1. The Labute approximate surface area is 183 Å². The van der Waals surface area contributed by atoms with Crippen LogP contribution in [0.4, 0.5) is 5.82 Å². The lowest BCUT2D eigenvalue weighted by atomic mass is 10.1. The molecule has 1 aliphatic rings. The van der Waals surface area contributed by atoms with Crippen LogP contribution in [0, 0.1) is 13.8 Å². The van der Waals surface area contributed by atoms with E-state index in [1.165, 1.54) is 18.4 Å². The molecule has 2 aromatic heterocycles. The van der Waals surface area contributed by atoms with E-state index in [1.807, 2.05) is 42.8 Å². The van der Waals surface area contributed by atoms with Gasteiger partial charge in [-0.2, -0.15) is 5.10 Å². The standard InChI is InChI=1S/C24H30N6O/c1-18-21(10-11-24(31)25-13-12-20-8-4-3-5-9-20)19(2)30(28-18)23-16-22(26-17-27-23)29-14-6-7-15-29/h3-5,8-9,16-17H,6-7,10-15H2,1-2H3,(H,25,31). The fraction of sp³-hybridized carbons (Fsp3) is 0.417. The molecular weight excluding hydrogens is 388 g/mol. The summed E-state index contributed by atoms with van der Waals surface area (Å²) in [5.74, 6) is 1.80. The molecule has 4 rings (SSSR count). The van der Waals surface area contributed by atoms with Crippen LogP contribution in [-0.4, -0.2) is 45.3 Å². The molecule has 1 amide bonds. The van der Waals surface area contributed by atoms with Crippen molar-refractivity contribution in [3.63, 3.8) is 0 Å². The molecule has 0 spiro atoms. The third-order valence-corrected chi connectivity index (χ3v) is 5.91. The summed E-state index contributed by atoms with van der Waals surface area (Å²) in [7, 11) is 0. The van der Waals surface area contributed by atoms with Gasteiger partial charge in [0.1, 0.15) is 12.1 Å². The van der Waals surface area contributed by atoms with Crippen molar-refractivity contribution in [3.8, 4) is 5.82 Å². The topological polar surface area (TPSA) is 75.9 Å². The van der Waals surface area contributed by atoms with Gasteiger partial charge in [0.25, 0.3) is 0 Å². The number of nitrogens with zero attached hydrogens (tertiary/aromatic N) is 5. The van der Waals surface area contributed by atoms with Crippen molar-refractivity contribution in [2.45, 2.75) is 46.0 Å². The lowest BCUT2D eigenvalue weighted by molar-refractivity contribution is -0.121. The Morgan fingerprint density at radius 2 is 1.77 bits per heavy atom. The zero-order valence-electron chi connectivity index (χ0n) is 18.3. The van der Waals surface area contributed by atoms with Crippen molar-refractivity contribution in [3.05, 3.63) is 65.2 Å². The minimum Gasteiger partial charge on any atom is -0.356 e. The Kier molecular flexibility index (Phi) is 6.60. The number of hydrogen-bond donors (Lipinski definition) is 1. The van der Waals surface area contributed by atoms with Gasteiger partial charge in [-0.25, -0.2) is 14.6 Å². The third-order valence-electron chi connectivity index (χ3n) is 5.91. The summed E-state index contributed by atoms with van der Waals surface area (Å²) < 4.78 is 1.87. The van der Waals surface area contributed by atoms with Gasteiger partial charge in [0.2, 0.25) is 5.91 Å². The van der Waals surface area contributed by atoms with E-state index in [0.29, 0.717) is 19.4 Å². The molecule has 1 fully saturated rings. The minimum atomic E-state index is 0.0702. The molecule has 0 unspecified atom stereocenters. The molecular formula is C24H30N6O. The van der Waals surface area contributed by atoms with Crippen molar-refractivity contribution in [2.75, 3.05) is 24.5 Å². The molecule has 0 radical (unpaired) electrons. The Morgan fingerprint density at radius 1 is 1.03 bits per heavy atom. The monoisotopic (exact) mass is 418 g/mol. The molecule has 31 heavy (non-hydrogen) atoms. The number of amides is 1. The van der Waals surface area contributed by atoms with Gasteiger partial charge >= 0.3 is 0 Å². The Hall–Kier alpha value is -3.22. The van der Waals surface area contributed by atoms with E-state index >= 15 is 0 Å². The first-order valence-corrected chi connectivity index (χ1v) is 11.0. The zero-order valence-corrected chi connectivity index (χ0v) is 18.3. The quantitative estimate of drug-likeness (QED) is 0.608. The number of aryl methyl sites for hydroxylation is 1. The summed E-state index contributed by atoms with van der Waals surface area (Å²) in [4.78, 5) is 23.5. The zero-order chi connectivity index (χ0) is 21.6. The second-order valence-corrected chi connectivity index (χ2v) is 8.08. The molecule has 1 aliphatic heterocycles. The summed E-state index contributed by atoms with van der Waals surface area (Å²) in [6.07, 6.45) is 5.98. The van der Waals surface area contributed by atoms with Crippen LogP contribution in [0.5, 0.6) is 0 Å². The van der Waals surface area contributed by atoms with Gasteiger partial charge in [-0.05, 0) is 50.7 Å². The first-order chi connectivity index (χ1) is 15.1. The van der Waals surface area contributed by atoms with E-state index < -0.39 is 0 Å². The Balaban J connectivity index is 1.37. The SMILES string of the molecule is Cc1nn(-c2cc(N3CCCC3)ncn2)c(C)c1CCC(=O)NCCc1ccccc1. The minimum absolute atomic E-state index is 0.0702. The Bertz CT molecular complexity index is 1020. The van der Waals surface area contributed by atoms with Crippen molar-refractivity contribution in [1.82, 2.24) is 25.1 Å². The highest BCUT2D eigenvalue weighted by molar-refractivity contribution is 5.76. The number of hydrogen-bond acceptors (Lipinski definition) is 5. The van der Waals surface area contributed by atoms with Crippen molar-refractivity contribution in [2.24, 2.45) is 0 Å². The first-order valence-electron chi connectivity index (χ1n) is 11.0. The maximum absolute atomic E-state index is 12.3. The van der Waals surface area contributed by atoms with Crippen molar-refractivity contribution in [1.29, 1.82) is 0 Å². The molecule has 3 heterocycles. The van der Waals surface area contributed by atoms with Crippen LogP contribution < -0.4 is 10.2 Å². The molecule has 0 saturated carbocycles. The van der Waals surface area contributed by atoms with Crippen LogP contribution in [0.25, 0.3) is 5.82 Å². The first kappa shape index (κ1) is 21.0. The van der Waals surface area contributed by atoms with Crippen LogP contribution in [-0.2, 0) is 17.6 Å². The lowest BCUT2D eigenvalue weighted by Crippen LogP contribution is -2.26. The van der Waals surface area contributed by atoms with Gasteiger partial charge in [0.15, 0.2) is 5.82 Å². The highest BCUT2D eigenvalue weighted by Gasteiger charge is 2.18. The molecule has 0 atom stereocenters. The van der Waals surface area contributed by atoms with Gasteiger partial charge in [0, 0.05) is 37.8 Å². The second kappa shape index (κ2) is 9.73. The highest BCUT2D eigenvalue weighted by atomic mass is 16.1. The molecule has 1 aromatic carbocycles. The number of anilines is 1. The van der Waals surface area contributed by atoms with E-state index in [9.17, 15) is 4.79 Å². The van der Waals surface area contributed by atoms with Gasteiger partial charge < -0.3 is 10.2 Å². The fourth-order valence-electron chi connectivity index (χ4n) is 4.15. The van der Waals surface area contributed by atoms with Crippen LogP contribution in [0.1, 0.15) is 41.8 Å². The molecule has 1 saturated heterocycles. The molecule has 0 bridgehead atoms. The second-order valence-electron chi connectivity index (χ2n) is 8.08. The molecule has 7 heteroatoms. The van der Waals surface area contributed by atoms with Gasteiger partial charge in [-0.3, -0.25) is 4.79 Å². The predicted octanol–water partition coefficient (Wildman–Crippen LogP) is 3.17. The smallest absolute Gasteiger partial charge is 0.220 e. The fourth-order valence-corrected chi connectivity index (χ4v) is 4.15. The lowest BCUT2D eigenvalue weighted by Gasteiger charge is -2.16. The van der Waals surface area contributed by atoms with Crippen molar-refractivity contribution < 1.29 is 4.79 Å². The van der Waals surface area contributed by atoms with E-state index in [0.717, 1.165) is 48.1 Å². The average molecular weight is 419 g/mol. The molecule has 162 valence electrons. The number of benzene rings is 1. The summed E-state index contributed by atoms with van der Waals surface area (Å²) >= 11 is 0. The van der Waals surface area contributed by atoms with Crippen LogP contribution in [0.15, 0.2) is 42.7 Å². The van der Waals surface area contributed by atoms with Gasteiger partial charge in [-0.1, -0.05) is 30.3 Å². The largest absolute Gasteiger partial charge is 0.356 e. The summed E-state index contributed by atoms with van der Waals surface area (Å²) in [5.41, 5.74) is 4.31. The number of nitrogens with one attached hydrogen (secondary N) is 1. The van der Waals surface area contributed by atoms with Crippen LogP contribution in [0.3, 0.4) is 0 Å². The van der Waals surface area contributed by atoms with E-state index in [2.05, 4.69) is 32.3 Å². The number of rotatable bonds is 8. The summed E-state index contributed by atoms with van der Waals surface area (Å²) in [6, 6.07) is 12.2. The molecule has 3 aromatic rings.